The second-order valence-electron chi connectivity index (χ2n) is 0.920. The van der Waals surface area contributed by atoms with Gasteiger partial charge in [-0.15, -0.1) is 0 Å². The van der Waals surface area contributed by atoms with Crippen molar-refractivity contribution in [2.24, 2.45) is 0 Å². The van der Waals surface area contributed by atoms with Crippen LogP contribution in [-0.4, -0.2) is 17.3 Å². The molecular formula is C2N2O6-2. The molecule has 0 aromatic heterocycles. The average molecular weight is 148 g/mol. The van der Waals surface area contributed by atoms with Gasteiger partial charge in [-0.3, -0.25) is 9.68 Å². The summed E-state index contributed by atoms with van der Waals surface area (Å²) in [5.74, 6) is 0. The highest BCUT2D eigenvalue weighted by Gasteiger charge is 1.93. The molecule has 0 N–H and O–H groups in total. The Morgan fingerprint density at radius 2 is 1.50 bits per heavy atom. The van der Waals surface area contributed by atoms with Gasteiger partial charge in [-0.25, -0.2) is 0 Å². The molecule has 0 aromatic carbocycles. The second kappa shape index (κ2) is 3.22. The van der Waals surface area contributed by atoms with Crippen molar-refractivity contribution >= 4 is 12.3 Å². The number of carboxylic acid groups (broad SMARTS) is 2. The molecule has 8 heteroatoms. The third kappa shape index (κ3) is 4.30. The van der Waals surface area contributed by atoms with Gasteiger partial charge in [0, 0.05) is 5.02 Å². The van der Waals surface area contributed by atoms with Gasteiger partial charge >= 0.3 is 12.3 Å². The third-order valence-corrected chi connectivity index (χ3v) is 0.305. The molecule has 10 heavy (non-hydrogen) atoms. The molecule has 0 fully saturated rings. The van der Waals surface area contributed by atoms with E-state index in [1.807, 2.05) is 0 Å². The first kappa shape index (κ1) is 8.14. The molecule has 0 rings (SSSR count). The summed E-state index contributed by atoms with van der Waals surface area (Å²) in [6, 6.07) is 0. The highest BCUT2D eigenvalue weighted by atomic mass is 17.0. The number of rotatable bonds is 2. The Hall–Kier alpha value is -1.86. The fraction of sp³-hybridized carbons (Fsp3) is 0. The Morgan fingerprint density at radius 3 is 1.70 bits per heavy atom. The first-order valence-corrected chi connectivity index (χ1v) is 1.79. The lowest BCUT2D eigenvalue weighted by atomic mass is 11.4. The van der Waals surface area contributed by atoms with Crippen molar-refractivity contribution in [2.45, 2.75) is 0 Å². The van der Waals surface area contributed by atoms with Gasteiger partial charge in [-0.05, 0) is 0 Å². The Bertz CT molecular complexity index is 157. The Morgan fingerprint density at radius 1 is 1.20 bits per heavy atom. The fourth-order valence-electron chi connectivity index (χ4n) is 0.146. The summed E-state index contributed by atoms with van der Waals surface area (Å²) in [5.41, 5.74) is 7.94. The summed E-state index contributed by atoms with van der Waals surface area (Å²) in [7, 11) is 0. The van der Waals surface area contributed by atoms with Crippen molar-refractivity contribution in [3.05, 3.63) is 5.53 Å². The first-order chi connectivity index (χ1) is 4.52. The van der Waals surface area contributed by atoms with E-state index >= 15 is 0 Å². The second-order valence-corrected chi connectivity index (χ2v) is 0.920. The normalized spacial score (nSPS) is 8.00. The van der Waals surface area contributed by atoms with E-state index in [1.165, 1.54) is 0 Å². The van der Waals surface area contributed by atoms with Crippen molar-refractivity contribution < 1.29 is 34.5 Å². The van der Waals surface area contributed by atoms with Crippen molar-refractivity contribution in [1.29, 1.82) is 0 Å². The van der Waals surface area contributed by atoms with Gasteiger partial charge in [-0.2, -0.15) is 0 Å². The maximum Gasteiger partial charge on any atom is 0.322 e. The van der Waals surface area contributed by atoms with E-state index in [0.29, 0.717) is 0 Å². The number of nitrogens with zero attached hydrogens (tertiary/aromatic N) is 2. The molecule has 0 amide bonds. The number of hydrogen-bond acceptors (Lipinski definition) is 6. The maximum atomic E-state index is 9.36. The highest BCUT2D eigenvalue weighted by molar-refractivity contribution is 5.53. The molecule has 0 spiro atoms. The number of carbonyl (C=O) groups excluding carboxylic acids is 2. The van der Waals surface area contributed by atoms with Crippen molar-refractivity contribution in [3.8, 4) is 0 Å². The molecular weight excluding hydrogens is 148 g/mol. The highest BCUT2D eigenvalue weighted by Crippen LogP contribution is 1.79. The molecule has 0 radical (unpaired) electrons. The van der Waals surface area contributed by atoms with Crippen LogP contribution in [0.25, 0.3) is 5.53 Å². The molecule has 0 atom stereocenters. The molecule has 0 aliphatic heterocycles. The summed E-state index contributed by atoms with van der Waals surface area (Å²) in [6.45, 7) is 0. The topological polar surface area (TPSA) is 124 Å². The Balaban J connectivity index is 3.65. The molecule has 56 valence electrons. The summed E-state index contributed by atoms with van der Waals surface area (Å²) < 4.78 is 0. The van der Waals surface area contributed by atoms with Gasteiger partial charge in [-0.1, -0.05) is 0 Å². The van der Waals surface area contributed by atoms with Gasteiger partial charge in [0.1, 0.15) is 0 Å². The van der Waals surface area contributed by atoms with Crippen molar-refractivity contribution in [3.63, 3.8) is 0 Å². The summed E-state index contributed by atoms with van der Waals surface area (Å²) in [5, 5.41) is 17.8. The standard InChI is InChI=1S/C2H2N2O6/c3-4(9-1(5)6)10-2(7)8/h(H,5,6)(H,7,8)/p-2. The van der Waals surface area contributed by atoms with Crippen molar-refractivity contribution in [2.75, 3.05) is 0 Å². The Kier molecular flexibility index (Phi) is 2.62. The monoisotopic (exact) mass is 148 g/mol. The summed E-state index contributed by atoms with van der Waals surface area (Å²) >= 11 is 0. The van der Waals surface area contributed by atoms with E-state index in [1.54, 1.807) is 0 Å². The minimum Gasteiger partial charge on any atom is -0.421 e. The molecule has 0 aliphatic carbocycles. The van der Waals surface area contributed by atoms with Crippen LogP contribution >= 0.6 is 0 Å². The van der Waals surface area contributed by atoms with E-state index in [4.69, 9.17) is 5.53 Å². The molecule has 0 bridgehead atoms. The quantitative estimate of drug-likeness (QED) is 0.316. The predicted molar refractivity (Wildman–Crippen MR) is 16.6 cm³/mol. The van der Waals surface area contributed by atoms with Gasteiger partial charge in [0.15, 0.2) is 0 Å². The van der Waals surface area contributed by atoms with Crippen LogP contribution in [0.4, 0.5) is 9.59 Å². The maximum absolute atomic E-state index is 9.36. The van der Waals surface area contributed by atoms with Crippen LogP contribution in [0.5, 0.6) is 0 Å². The van der Waals surface area contributed by atoms with Crippen LogP contribution in [-0.2, 0) is 9.68 Å². The van der Waals surface area contributed by atoms with Gasteiger partial charge < -0.3 is 25.3 Å². The minimum absolute atomic E-state index is 0.926. The average Bonchev–Trinajstić information content (AvgIpc) is 1.58. The van der Waals surface area contributed by atoms with Crippen LogP contribution in [0.1, 0.15) is 0 Å². The van der Waals surface area contributed by atoms with Crippen LogP contribution in [0, 0.1) is 0 Å². The summed E-state index contributed by atoms with van der Waals surface area (Å²) in [6.07, 6.45) is -4.35. The molecule has 0 saturated carbocycles. The van der Waals surface area contributed by atoms with Crippen LogP contribution in [0.3, 0.4) is 0 Å². The molecule has 0 aromatic rings. The van der Waals surface area contributed by atoms with Crippen LogP contribution in [0.2, 0.25) is 0 Å². The molecule has 0 unspecified atom stereocenters. The van der Waals surface area contributed by atoms with Gasteiger partial charge in [0.25, 0.3) is 0 Å². The molecule has 8 nitrogen and oxygen atoms in total. The van der Waals surface area contributed by atoms with E-state index in [0.717, 1.165) is 0 Å². The smallest absolute Gasteiger partial charge is 0.322 e. The van der Waals surface area contributed by atoms with Gasteiger partial charge in [0.05, 0.1) is 0 Å². The van der Waals surface area contributed by atoms with Crippen molar-refractivity contribution in [1.82, 2.24) is 0 Å². The lowest BCUT2D eigenvalue weighted by molar-refractivity contribution is -0.954. The molecule has 0 aliphatic rings. The van der Waals surface area contributed by atoms with E-state index in [2.05, 4.69) is 9.68 Å². The van der Waals surface area contributed by atoms with Gasteiger partial charge in [0.2, 0.25) is 0 Å². The molecule has 0 saturated heterocycles. The zero-order valence-electron chi connectivity index (χ0n) is 4.34. The third-order valence-electron chi connectivity index (χ3n) is 0.305. The lowest BCUT2D eigenvalue weighted by Crippen LogP contribution is -2.33. The fourth-order valence-corrected chi connectivity index (χ4v) is 0.146. The minimum atomic E-state index is -2.18. The zero-order valence-corrected chi connectivity index (χ0v) is 4.34. The number of hydrogen-bond donors (Lipinski definition) is 0. The van der Waals surface area contributed by atoms with Crippen LogP contribution in [0.15, 0.2) is 0 Å². The van der Waals surface area contributed by atoms with E-state index < -0.39 is 17.3 Å². The first-order valence-electron chi connectivity index (χ1n) is 1.79. The lowest BCUT2D eigenvalue weighted by Gasteiger charge is -2.07. The van der Waals surface area contributed by atoms with E-state index in [9.17, 15) is 19.8 Å². The SMILES string of the molecule is [N-]=[N+](OC(=O)[O-])OC(=O)[O-]. The van der Waals surface area contributed by atoms with Crippen LogP contribution < -0.4 is 10.2 Å². The predicted octanol–water partition coefficient (Wildman–Crippen LogP) is -2.43. The zero-order chi connectivity index (χ0) is 8.15. The Labute approximate surface area is 53.6 Å². The molecule has 0 heterocycles. The van der Waals surface area contributed by atoms with E-state index in [-0.39, 0.29) is 0 Å². The number of carbonyl (C=O) groups is 2. The summed E-state index contributed by atoms with van der Waals surface area (Å²) in [4.78, 5) is 25.0. The largest absolute Gasteiger partial charge is 0.421 e.